The van der Waals surface area contributed by atoms with Gasteiger partial charge in [0.25, 0.3) is 0 Å². The highest BCUT2D eigenvalue weighted by Crippen LogP contribution is 2.31. The third-order valence-corrected chi connectivity index (χ3v) is 4.87. The third kappa shape index (κ3) is 5.34. The molecule has 7 nitrogen and oxygen atoms in total. The fourth-order valence-corrected chi connectivity index (χ4v) is 3.39. The quantitative estimate of drug-likeness (QED) is 0.820. The number of rotatable bonds is 4. The molecule has 0 bridgehead atoms. The van der Waals surface area contributed by atoms with E-state index in [0.717, 1.165) is 42.2 Å². The largest absolute Gasteiger partial charge is 0.361 e. The molecule has 7 heteroatoms. The Morgan fingerprint density at radius 1 is 1.21 bits per heavy atom. The van der Waals surface area contributed by atoms with E-state index in [1.54, 1.807) is 0 Å². The minimum absolute atomic E-state index is 0.00119. The Labute approximate surface area is 173 Å². The maximum absolute atomic E-state index is 12.3. The number of aromatic nitrogens is 3. The van der Waals surface area contributed by atoms with Crippen LogP contribution in [0, 0.1) is 12.3 Å². The molecule has 1 N–H and O–H groups in total. The molecule has 0 atom stereocenters. The number of aryl methyl sites for hydroxylation is 2. The molecule has 2 aromatic rings. The van der Waals surface area contributed by atoms with Crippen molar-refractivity contribution in [2.45, 2.75) is 79.7 Å². The zero-order valence-electron chi connectivity index (χ0n) is 18.7. The molecule has 29 heavy (non-hydrogen) atoms. The lowest BCUT2D eigenvalue weighted by atomic mass is 9.92. The lowest BCUT2D eigenvalue weighted by Crippen LogP contribution is -2.30. The number of fused-ring (bicyclic) bond motifs is 1. The summed E-state index contributed by atoms with van der Waals surface area (Å²) in [6.07, 6.45) is 2.36. The summed E-state index contributed by atoms with van der Waals surface area (Å²) in [4.78, 5) is 23.9. The average Bonchev–Trinajstić information content (AvgIpc) is 3.03. The normalized spacial score (nSPS) is 14.7. The maximum Gasteiger partial charge on any atom is 0.246 e. The van der Waals surface area contributed by atoms with Crippen LogP contribution < -0.4 is 10.2 Å². The number of nitrogens with zero attached hydrogens (tertiary/aromatic N) is 4. The SMILES string of the molecule is Cc1cc2c(nc1NC(=O)CC(C)(C)C)CCCN2Cc1nc(C(C)(C)C)no1. The Bertz CT molecular complexity index is 890. The highest BCUT2D eigenvalue weighted by atomic mass is 16.5. The lowest BCUT2D eigenvalue weighted by Gasteiger charge is -2.30. The molecule has 0 saturated heterocycles. The molecule has 1 aliphatic heterocycles. The van der Waals surface area contributed by atoms with E-state index in [0.29, 0.717) is 24.7 Å². The number of anilines is 2. The lowest BCUT2D eigenvalue weighted by molar-refractivity contribution is -0.117. The molecule has 0 aliphatic carbocycles. The molecule has 0 saturated carbocycles. The van der Waals surface area contributed by atoms with E-state index in [4.69, 9.17) is 9.51 Å². The second-order valence-corrected chi connectivity index (χ2v) is 10.2. The summed E-state index contributed by atoms with van der Waals surface area (Å²) in [5.74, 6) is 1.99. The smallest absolute Gasteiger partial charge is 0.246 e. The van der Waals surface area contributed by atoms with Crippen LogP contribution in [0.5, 0.6) is 0 Å². The molecule has 3 rings (SSSR count). The van der Waals surface area contributed by atoms with E-state index in [2.05, 4.69) is 68.0 Å². The van der Waals surface area contributed by atoms with Gasteiger partial charge >= 0.3 is 0 Å². The number of carbonyl (C=O) groups excluding carboxylic acids is 1. The van der Waals surface area contributed by atoms with Crippen LogP contribution in [0.2, 0.25) is 0 Å². The number of nitrogens with one attached hydrogen (secondary N) is 1. The zero-order chi connectivity index (χ0) is 21.4. The van der Waals surface area contributed by atoms with Crippen LogP contribution >= 0.6 is 0 Å². The van der Waals surface area contributed by atoms with Gasteiger partial charge in [0.1, 0.15) is 5.82 Å². The molecule has 0 aromatic carbocycles. The van der Waals surface area contributed by atoms with Gasteiger partial charge in [-0.3, -0.25) is 4.79 Å². The first-order valence-electron chi connectivity index (χ1n) is 10.3. The summed E-state index contributed by atoms with van der Waals surface area (Å²) >= 11 is 0. The summed E-state index contributed by atoms with van der Waals surface area (Å²) in [7, 11) is 0. The van der Waals surface area contributed by atoms with Gasteiger partial charge in [-0.15, -0.1) is 0 Å². The van der Waals surface area contributed by atoms with Crippen molar-refractivity contribution in [1.82, 2.24) is 15.1 Å². The Kier molecular flexibility index (Phi) is 5.70. The Balaban J connectivity index is 1.78. The second-order valence-electron chi connectivity index (χ2n) is 10.2. The number of carbonyl (C=O) groups is 1. The van der Waals surface area contributed by atoms with Gasteiger partial charge in [-0.25, -0.2) is 4.98 Å². The van der Waals surface area contributed by atoms with Crippen LogP contribution in [0.15, 0.2) is 10.6 Å². The van der Waals surface area contributed by atoms with Gasteiger partial charge in [0.15, 0.2) is 5.82 Å². The topological polar surface area (TPSA) is 84.2 Å². The highest BCUT2D eigenvalue weighted by Gasteiger charge is 2.25. The molecule has 0 radical (unpaired) electrons. The fourth-order valence-electron chi connectivity index (χ4n) is 3.39. The first-order valence-corrected chi connectivity index (χ1v) is 10.3. The van der Waals surface area contributed by atoms with Gasteiger partial charge in [0, 0.05) is 18.4 Å². The van der Waals surface area contributed by atoms with Crippen LogP contribution in [0.25, 0.3) is 0 Å². The summed E-state index contributed by atoms with van der Waals surface area (Å²) in [5, 5.41) is 7.12. The molecule has 1 aliphatic rings. The van der Waals surface area contributed by atoms with Crippen molar-refractivity contribution in [3.05, 3.63) is 29.0 Å². The second kappa shape index (κ2) is 7.76. The van der Waals surface area contributed by atoms with Gasteiger partial charge in [0.2, 0.25) is 11.8 Å². The summed E-state index contributed by atoms with van der Waals surface area (Å²) in [6, 6.07) is 2.11. The zero-order valence-corrected chi connectivity index (χ0v) is 18.7. The summed E-state index contributed by atoms with van der Waals surface area (Å²) in [6.45, 7) is 15.8. The molecular weight excluding hydrogens is 366 g/mol. The van der Waals surface area contributed by atoms with Gasteiger partial charge in [-0.2, -0.15) is 4.98 Å². The fraction of sp³-hybridized carbons (Fsp3) is 0.636. The van der Waals surface area contributed by atoms with Gasteiger partial charge in [-0.1, -0.05) is 46.7 Å². The van der Waals surface area contributed by atoms with Crippen molar-refractivity contribution < 1.29 is 9.32 Å². The molecule has 0 fully saturated rings. The van der Waals surface area contributed by atoms with Crippen LogP contribution in [0.3, 0.4) is 0 Å². The van der Waals surface area contributed by atoms with E-state index in [9.17, 15) is 4.79 Å². The maximum atomic E-state index is 12.3. The molecule has 0 spiro atoms. The van der Waals surface area contributed by atoms with Crippen LogP contribution in [-0.2, 0) is 23.2 Å². The Hall–Kier alpha value is -2.44. The first-order chi connectivity index (χ1) is 13.4. The van der Waals surface area contributed by atoms with Crippen LogP contribution in [-0.4, -0.2) is 27.6 Å². The number of hydrogen-bond donors (Lipinski definition) is 1. The van der Waals surface area contributed by atoms with Crippen LogP contribution in [0.4, 0.5) is 11.5 Å². The number of pyridine rings is 1. The van der Waals surface area contributed by atoms with Crippen molar-refractivity contribution in [3.63, 3.8) is 0 Å². The van der Waals surface area contributed by atoms with Crippen molar-refractivity contribution in [1.29, 1.82) is 0 Å². The van der Waals surface area contributed by atoms with Gasteiger partial charge in [-0.05, 0) is 36.8 Å². The monoisotopic (exact) mass is 399 g/mol. The van der Waals surface area contributed by atoms with E-state index >= 15 is 0 Å². The minimum atomic E-state index is -0.139. The Morgan fingerprint density at radius 3 is 2.55 bits per heavy atom. The molecule has 1 amide bonds. The van der Waals surface area contributed by atoms with E-state index in [1.165, 1.54) is 0 Å². The summed E-state index contributed by atoms with van der Waals surface area (Å²) in [5.41, 5.74) is 2.85. The highest BCUT2D eigenvalue weighted by molar-refractivity contribution is 5.91. The van der Waals surface area contributed by atoms with Crippen molar-refractivity contribution in [3.8, 4) is 0 Å². The third-order valence-electron chi connectivity index (χ3n) is 4.87. The molecular formula is C22H33N5O2. The van der Waals surface area contributed by atoms with Gasteiger partial charge < -0.3 is 14.7 Å². The molecule has 158 valence electrons. The Morgan fingerprint density at radius 2 is 1.93 bits per heavy atom. The molecule has 0 unspecified atom stereocenters. The predicted molar refractivity (Wildman–Crippen MR) is 114 cm³/mol. The summed E-state index contributed by atoms with van der Waals surface area (Å²) < 4.78 is 5.48. The van der Waals surface area contributed by atoms with E-state index < -0.39 is 0 Å². The average molecular weight is 400 g/mol. The minimum Gasteiger partial charge on any atom is -0.361 e. The molecule has 2 aromatic heterocycles. The van der Waals surface area contributed by atoms with Crippen molar-refractivity contribution in [2.75, 3.05) is 16.8 Å². The van der Waals surface area contributed by atoms with Crippen molar-refractivity contribution >= 4 is 17.4 Å². The van der Waals surface area contributed by atoms with E-state index in [-0.39, 0.29) is 16.7 Å². The number of hydrogen-bond acceptors (Lipinski definition) is 6. The van der Waals surface area contributed by atoms with Crippen molar-refractivity contribution in [2.24, 2.45) is 5.41 Å². The molecule has 3 heterocycles. The van der Waals surface area contributed by atoms with Crippen LogP contribution in [0.1, 0.15) is 77.4 Å². The van der Waals surface area contributed by atoms with Gasteiger partial charge in [0.05, 0.1) is 17.9 Å². The first kappa shape index (κ1) is 21.3. The van der Waals surface area contributed by atoms with E-state index in [1.807, 2.05) is 6.92 Å². The number of amides is 1. The predicted octanol–water partition coefficient (Wildman–Crippen LogP) is 4.40. The standard InChI is InChI=1S/C22H33N5O2/c1-14-11-16-15(23-19(14)24-17(28)12-21(2,3)4)9-8-10-27(16)13-18-25-20(26-29-18)22(5,6)7/h11H,8-10,12-13H2,1-7H3,(H,23,24,28).